The Bertz CT molecular complexity index is 1010. The van der Waals surface area contributed by atoms with Crippen LogP contribution in [0.3, 0.4) is 0 Å². The van der Waals surface area contributed by atoms with Gasteiger partial charge >= 0.3 is 0 Å². The smallest absolute Gasteiger partial charge is 0.251 e. The number of nitrogens with zero attached hydrogens (tertiary/aromatic N) is 1. The highest BCUT2D eigenvalue weighted by Crippen LogP contribution is 2.41. The molecule has 156 valence electrons. The van der Waals surface area contributed by atoms with Crippen molar-refractivity contribution in [1.29, 1.82) is 0 Å². The maximum Gasteiger partial charge on any atom is 0.251 e. The van der Waals surface area contributed by atoms with Crippen LogP contribution in [0, 0.1) is 12.3 Å². The quantitative estimate of drug-likeness (QED) is 0.722. The molecule has 2 heterocycles. The first-order valence-corrected chi connectivity index (χ1v) is 10.5. The number of hydrogen-bond donors (Lipinski definition) is 2. The first kappa shape index (κ1) is 20.3. The Labute approximate surface area is 176 Å². The van der Waals surface area contributed by atoms with E-state index in [9.17, 15) is 14.4 Å². The average molecular weight is 405 g/mol. The summed E-state index contributed by atoms with van der Waals surface area (Å²) in [5.74, 6) is -0.173. The number of rotatable bonds is 6. The van der Waals surface area contributed by atoms with E-state index < -0.39 is 5.41 Å². The number of carbonyl (C=O) groups excluding carboxylic acids is 3. The predicted molar refractivity (Wildman–Crippen MR) is 113 cm³/mol. The summed E-state index contributed by atoms with van der Waals surface area (Å²) < 4.78 is 0. The van der Waals surface area contributed by atoms with Crippen LogP contribution in [0.1, 0.15) is 77.8 Å². The number of hydrogen-bond acceptors (Lipinski definition) is 4. The Morgan fingerprint density at radius 3 is 2.53 bits per heavy atom. The molecule has 1 aromatic carbocycles. The molecule has 0 spiro atoms. The number of aryl methyl sites for hydroxylation is 1. The molecule has 2 N–H and O–H groups in total. The molecule has 2 aromatic rings. The highest BCUT2D eigenvalue weighted by molar-refractivity contribution is 6.06. The van der Waals surface area contributed by atoms with E-state index in [0.29, 0.717) is 18.0 Å². The zero-order valence-corrected chi connectivity index (χ0v) is 17.6. The standard InChI is InChI=1S/C24H27N3O3/c1-14-10-16(11-20(26-14)18-6-7-18)13-25-22(29)19-8-4-17(5-9-19)15(2)24(3)12-21(28)27-23(24)30/h4-5,8-11,15,18H,6-7,12-13H2,1-3H3,(H,25,29)(H,27,28,30)/t15?,24-/m0/s1. The van der Waals surface area contributed by atoms with Crippen LogP contribution in [0.25, 0.3) is 0 Å². The topological polar surface area (TPSA) is 88.2 Å². The number of amides is 3. The Balaban J connectivity index is 1.41. The number of benzene rings is 1. The number of aromatic nitrogens is 1. The number of carbonyl (C=O) groups is 3. The summed E-state index contributed by atoms with van der Waals surface area (Å²) in [4.78, 5) is 41.0. The van der Waals surface area contributed by atoms with Crippen LogP contribution in [0.2, 0.25) is 0 Å². The molecular weight excluding hydrogens is 378 g/mol. The Morgan fingerprint density at radius 2 is 1.93 bits per heavy atom. The van der Waals surface area contributed by atoms with Crippen molar-refractivity contribution in [2.75, 3.05) is 0 Å². The third-order valence-electron chi connectivity index (χ3n) is 6.41. The second kappa shape index (κ2) is 7.67. The molecule has 1 saturated heterocycles. The van der Waals surface area contributed by atoms with Crippen molar-refractivity contribution < 1.29 is 14.4 Å². The summed E-state index contributed by atoms with van der Waals surface area (Å²) in [6.07, 6.45) is 2.58. The molecule has 2 fully saturated rings. The van der Waals surface area contributed by atoms with Gasteiger partial charge < -0.3 is 5.32 Å². The van der Waals surface area contributed by atoms with Gasteiger partial charge in [0, 0.05) is 35.8 Å². The highest BCUT2D eigenvalue weighted by atomic mass is 16.2. The fourth-order valence-corrected chi connectivity index (χ4v) is 4.11. The van der Waals surface area contributed by atoms with E-state index in [1.807, 2.05) is 39.0 Å². The Hall–Kier alpha value is -3.02. The van der Waals surface area contributed by atoms with Crippen molar-refractivity contribution in [2.45, 2.75) is 58.4 Å². The maximum absolute atomic E-state index is 12.6. The van der Waals surface area contributed by atoms with Crippen LogP contribution in [0.5, 0.6) is 0 Å². The van der Waals surface area contributed by atoms with Crippen LogP contribution in [0.4, 0.5) is 0 Å². The predicted octanol–water partition coefficient (Wildman–Crippen LogP) is 3.35. The molecule has 0 bridgehead atoms. The van der Waals surface area contributed by atoms with Gasteiger partial charge in [-0.2, -0.15) is 0 Å². The van der Waals surface area contributed by atoms with Gasteiger partial charge in [-0.05, 0) is 68.0 Å². The van der Waals surface area contributed by atoms with Gasteiger partial charge in [-0.1, -0.05) is 19.1 Å². The SMILES string of the molecule is Cc1cc(CNC(=O)c2ccc(C(C)[C@]3(C)CC(=O)NC3=O)cc2)cc(C2CC2)n1. The lowest BCUT2D eigenvalue weighted by atomic mass is 9.73. The van der Waals surface area contributed by atoms with Gasteiger partial charge in [0.1, 0.15) is 0 Å². The molecule has 30 heavy (non-hydrogen) atoms. The fraction of sp³-hybridized carbons (Fsp3) is 0.417. The van der Waals surface area contributed by atoms with Gasteiger partial charge in [-0.25, -0.2) is 0 Å². The van der Waals surface area contributed by atoms with Gasteiger partial charge in [0.2, 0.25) is 11.8 Å². The summed E-state index contributed by atoms with van der Waals surface area (Å²) in [7, 11) is 0. The minimum Gasteiger partial charge on any atom is -0.348 e. The van der Waals surface area contributed by atoms with Gasteiger partial charge in [-0.15, -0.1) is 0 Å². The molecule has 1 unspecified atom stereocenters. The lowest BCUT2D eigenvalue weighted by Crippen LogP contribution is -2.33. The molecule has 6 nitrogen and oxygen atoms in total. The molecule has 2 aliphatic rings. The first-order chi connectivity index (χ1) is 14.3. The molecule has 6 heteroatoms. The Kier molecular flexibility index (Phi) is 5.18. The summed E-state index contributed by atoms with van der Waals surface area (Å²) in [5, 5.41) is 5.37. The minimum atomic E-state index is -0.765. The summed E-state index contributed by atoms with van der Waals surface area (Å²) in [6.45, 7) is 6.19. The van der Waals surface area contributed by atoms with E-state index in [0.717, 1.165) is 22.5 Å². The average Bonchev–Trinajstić information content (AvgIpc) is 3.52. The Morgan fingerprint density at radius 1 is 1.23 bits per heavy atom. The van der Waals surface area contributed by atoms with Gasteiger partial charge in [-0.3, -0.25) is 24.7 Å². The van der Waals surface area contributed by atoms with E-state index in [-0.39, 0.29) is 30.1 Å². The third kappa shape index (κ3) is 3.99. The number of imide groups is 1. The molecule has 3 amide bonds. The zero-order valence-electron chi connectivity index (χ0n) is 17.6. The molecule has 0 radical (unpaired) electrons. The van der Waals surface area contributed by atoms with Crippen LogP contribution >= 0.6 is 0 Å². The summed E-state index contributed by atoms with van der Waals surface area (Å²) in [5.41, 5.74) is 3.89. The molecule has 2 atom stereocenters. The van der Waals surface area contributed by atoms with Crippen LogP contribution in [-0.2, 0) is 16.1 Å². The van der Waals surface area contributed by atoms with Crippen molar-refractivity contribution in [3.63, 3.8) is 0 Å². The maximum atomic E-state index is 12.6. The van der Waals surface area contributed by atoms with Crippen molar-refractivity contribution in [3.05, 3.63) is 64.5 Å². The fourth-order valence-electron chi connectivity index (χ4n) is 4.11. The normalized spacial score (nSPS) is 22.0. The van der Waals surface area contributed by atoms with E-state index in [1.165, 1.54) is 12.8 Å². The van der Waals surface area contributed by atoms with E-state index in [2.05, 4.69) is 21.7 Å². The van der Waals surface area contributed by atoms with Crippen molar-refractivity contribution in [2.24, 2.45) is 5.41 Å². The number of pyridine rings is 1. The first-order valence-electron chi connectivity index (χ1n) is 10.5. The number of nitrogens with one attached hydrogen (secondary N) is 2. The lowest BCUT2D eigenvalue weighted by Gasteiger charge is -2.28. The second-order valence-electron chi connectivity index (χ2n) is 8.81. The van der Waals surface area contributed by atoms with Gasteiger partial charge in [0.05, 0.1) is 5.41 Å². The highest BCUT2D eigenvalue weighted by Gasteiger charge is 2.46. The van der Waals surface area contributed by atoms with E-state index in [4.69, 9.17) is 0 Å². The monoisotopic (exact) mass is 405 g/mol. The second-order valence-corrected chi connectivity index (χ2v) is 8.81. The summed E-state index contributed by atoms with van der Waals surface area (Å²) in [6, 6.07) is 11.4. The van der Waals surface area contributed by atoms with E-state index in [1.54, 1.807) is 12.1 Å². The third-order valence-corrected chi connectivity index (χ3v) is 6.41. The van der Waals surface area contributed by atoms with Crippen molar-refractivity contribution >= 4 is 17.7 Å². The molecule has 1 saturated carbocycles. The van der Waals surface area contributed by atoms with E-state index >= 15 is 0 Å². The molecular formula is C24H27N3O3. The van der Waals surface area contributed by atoms with Crippen molar-refractivity contribution in [1.82, 2.24) is 15.6 Å². The van der Waals surface area contributed by atoms with Crippen LogP contribution in [0.15, 0.2) is 36.4 Å². The van der Waals surface area contributed by atoms with Gasteiger partial charge in [0.25, 0.3) is 5.91 Å². The van der Waals surface area contributed by atoms with Crippen LogP contribution in [-0.4, -0.2) is 22.7 Å². The summed E-state index contributed by atoms with van der Waals surface area (Å²) >= 11 is 0. The minimum absolute atomic E-state index is 0.137. The van der Waals surface area contributed by atoms with Crippen LogP contribution < -0.4 is 10.6 Å². The zero-order chi connectivity index (χ0) is 21.5. The lowest BCUT2D eigenvalue weighted by molar-refractivity contribution is -0.128. The molecule has 4 rings (SSSR count). The molecule has 1 aliphatic carbocycles. The van der Waals surface area contributed by atoms with Gasteiger partial charge in [0.15, 0.2) is 0 Å². The largest absolute Gasteiger partial charge is 0.348 e. The van der Waals surface area contributed by atoms with Crippen molar-refractivity contribution in [3.8, 4) is 0 Å². The molecule has 1 aliphatic heterocycles. The molecule has 1 aromatic heterocycles.